The van der Waals surface area contributed by atoms with Crippen LogP contribution in [0.2, 0.25) is 0 Å². The normalized spacial score (nSPS) is 14.2. The summed E-state index contributed by atoms with van der Waals surface area (Å²) in [6.45, 7) is 19.1. The van der Waals surface area contributed by atoms with Crippen LogP contribution in [-0.2, 0) is 21.7 Å². The third kappa shape index (κ3) is 10.9. The molecule has 0 N–H and O–H groups in total. The molecule has 2 aromatic heterocycles. The molecular weight excluding hydrogens is 1500 g/mol. The van der Waals surface area contributed by atoms with Crippen LogP contribution in [0.3, 0.4) is 0 Å². The molecule has 0 saturated heterocycles. The van der Waals surface area contributed by atoms with Gasteiger partial charge in [0.05, 0.1) is 33.4 Å². The van der Waals surface area contributed by atoms with Crippen LogP contribution in [-0.4, -0.2) is 9.13 Å². The van der Waals surface area contributed by atoms with Crippen LogP contribution in [0, 0.1) is 0 Å². The first-order chi connectivity index (χ1) is 60.5. The quantitative estimate of drug-likeness (QED) is 0.114. The predicted molar refractivity (Wildman–Crippen MR) is 522 cm³/mol. The van der Waals surface area contributed by atoms with Crippen molar-refractivity contribution in [3.8, 4) is 112 Å². The molecule has 0 unspecified atom stereocenters. The highest BCUT2D eigenvalue weighted by atomic mass is 15.2. The Labute approximate surface area is 725 Å². The number of nitrogens with zero attached hydrogens (tertiary/aromatic N) is 4. The summed E-state index contributed by atoms with van der Waals surface area (Å²) in [4.78, 5) is 5.03. The van der Waals surface area contributed by atoms with Crippen LogP contribution in [0.25, 0.3) is 155 Å². The standard InChI is InChI=1S/C120H90N4/c1-117(2)101-44-21-15-36-87(101)98-73-85(60-65-105(98)117)122(110-50-25-19-38-90(110)94-43-29-48-107-116(94)96-41-17-23-46-103(96)119(107,5)6)86-61-67-113-100(74-86)92-63-55-80(72-114(92)124(113)82-33-13-10-14-34-82)79-54-62-88-97-69-78(56-64-104(97)120(7,8)108(88)71-79)76-30-27-35-84(68-76)121(109-49-24-18-37-89(109)93-42-28-47-106-115(93)95-40-16-22-45-102(95)118(106,3)4)83-58-52-75(53-59-83)77-57-66-112-99(70-77)91-39-20-26-51-111(91)123(112)81-31-11-9-12-32-81/h9-74H,1-8H3. The lowest BCUT2D eigenvalue weighted by atomic mass is 9.81. The number of aromatic nitrogens is 2. The number of anilines is 6. The van der Waals surface area contributed by atoms with Crippen molar-refractivity contribution in [2.75, 3.05) is 9.80 Å². The fourth-order valence-corrected chi connectivity index (χ4v) is 22.4. The summed E-state index contributed by atoms with van der Waals surface area (Å²) in [5.41, 5.74) is 45.9. The van der Waals surface area contributed by atoms with E-state index in [1.54, 1.807) is 0 Å². The van der Waals surface area contributed by atoms with Gasteiger partial charge in [-0.2, -0.15) is 0 Å². The van der Waals surface area contributed by atoms with E-state index in [2.05, 4.69) is 475 Å². The van der Waals surface area contributed by atoms with Crippen molar-refractivity contribution < 1.29 is 0 Å². The maximum absolute atomic E-state index is 2.54. The van der Waals surface area contributed by atoms with Crippen molar-refractivity contribution in [2.45, 2.75) is 77.0 Å². The zero-order valence-corrected chi connectivity index (χ0v) is 70.9. The average molecular weight is 1590 g/mol. The first kappa shape index (κ1) is 73.1. The monoisotopic (exact) mass is 1590 g/mol. The first-order valence-corrected chi connectivity index (χ1v) is 43.8. The molecule has 0 bridgehead atoms. The molecule has 20 aromatic rings. The van der Waals surface area contributed by atoms with Gasteiger partial charge in [-0.15, -0.1) is 0 Å². The van der Waals surface area contributed by atoms with Crippen LogP contribution in [0.5, 0.6) is 0 Å². The Balaban J connectivity index is 0.608. The maximum Gasteiger partial charge on any atom is 0.0547 e. The van der Waals surface area contributed by atoms with Gasteiger partial charge in [0.2, 0.25) is 0 Å². The maximum atomic E-state index is 2.54. The van der Waals surface area contributed by atoms with Crippen molar-refractivity contribution in [3.05, 3.63) is 445 Å². The van der Waals surface area contributed by atoms with E-state index in [-0.39, 0.29) is 21.7 Å². The molecule has 0 aliphatic heterocycles. The van der Waals surface area contributed by atoms with Gasteiger partial charge in [0.25, 0.3) is 0 Å². The van der Waals surface area contributed by atoms with E-state index >= 15 is 0 Å². The second-order valence-electron chi connectivity index (χ2n) is 36.7. The summed E-state index contributed by atoms with van der Waals surface area (Å²) in [5.74, 6) is 0. The number of hydrogen-bond donors (Lipinski definition) is 0. The van der Waals surface area contributed by atoms with Gasteiger partial charge in [-0.3, -0.25) is 0 Å². The van der Waals surface area contributed by atoms with E-state index in [0.29, 0.717) is 0 Å². The van der Waals surface area contributed by atoms with Crippen LogP contribution in [0.15, 0.2) is 400 Å². The van der Waals surface area contributed by atoms with Crippen LogP contribution < -0.4 is 9.80 Å². The van der Waals surface area contributed by atoms with Crippen molar-refractivity contribution in [3.63, 3.8) is 0 Å². The second-order valence-corrected chi connectivity index (χ2v) is 36.7. The van der Waals surface area contributed by atoms with E-state index in [4.69, 9.17) is 0 Å². The molecule has 0 amide bonds. The molecule has 590 valence electrons. The molecular formula is C120H90N4. The van der Waals surface area contributed by atoms with E-state index in [1.807, 2.05) is 0 Å². The van der Waals surface area contributed by atoms with E-state index < -0.39 is 0 Å². The number of para-hydroxylation sites is 5. The molecule has 18 aromatic carbocycles. The average Bonchev–Trinajstić information content (AvgIpc) is 1.56. The Kier molecular flexibility index (Phi) is 16.1. The lowest BCUT2D eigenvalue weighted by Gasteiger charge is -2.30. The zero-order chi connectivity index (χ0) is 83.2. The molecule has 0 atom stereocenters. The van der Waals surface area contributed by atoms with Crippen molar-refractivity contribution in [2.24, 2.45) is 0 Å². The summed E-state index contributed by atoms with van der Waals surface area (Å²) in [6.07, 6.45) is 0. The fourth-order valence-electron chi connectivity index (χ4n) is 22.4. The van der Waals surface area contributed by atoms with Crippen LogP contribution in [0.1, 0.15) is 99.9 Å². The van der Waals surface area contributed by atoms with Gasteiger partial charge in [0.15, 0.2) is 0 Å². The molecule has 0 saturated carbocycles. The Morgan fingerprint density at radius 3 is 1.20 bits per heavy atom. The Bertz CT molecular complexity index is 7850. The summed E-state index contributed by atoms with van der Waals surface area (Å²) in [7, 11) is 0. The van der Waals surface area contributed by atoms with Crippen LogP contribution >= 0.6 is 0 Å². The number of benzene rings is 18. The molecule has 24 rings (SSSR count). The Hall–Kier alpha value is -14.8. The molecule has 0 radical (unpaired) electrons. The topological polar surface area (TPSA) is 16.3 Å². The highest BCUT2D eigenvalue weighted by Gasteiger charge is 2.42. The van der Waals surface area contributed by atoms with Gasteiger partial charge in [0, 0.05) is 88.5 Å². The Morgan fingerprint density at radius 2 is 0.548 bits per heavy atom. The molecule has 0 fully saturated rings. The van der Waals surface area contributed by atoms with Gasteiger partial charge >= 0.3 is 0 Å². The summed E-state index contributed by atoms with van der Waals surface area (Å²) < 4.78 is 4.87. The molecule has 4 aliphatic rings. The SMILES string of the molecule is CC1(C)c2ccccc2-c2cc(N(c3ccc4c(c3)c3ccc(-c5ccc6c(c5)C(C)(C)c5ccc(-c7cccc(N(c8ccc(-c9ccc%10c(c9)c9ccccc9n%10-c9ccccc9)cc8)c8ccccc8-c8cccc9c8-c8ccccc8C9(C)C)c7)cc5-6)cc3n4-c3ccccc3)c3ccccc3-c3cccc4c3-c3ccccc3C4(C)C)ccc21. The van der Waals surface area contributed by atoms with Crippen molar-refractivity contribution in [1.29, 1.82) is 0 Å². The third-order valence-electron chi connectivity index (χ3n) is 28.5. The molecule has 4 nitrogen and oxygen atoms in total. The largest absolute Gasteiger partial charge is 0.310 e. The summed E-state index contributed by atoms with van der Waals surface area (Å²) in [5, 5.41) is 4.86. The predicted octanol–water partition coefficient (Wildman–Crippen LogP) is 32.4. The van der Waals surface area contributed by atoms with Crippen molar-refractivity contribution in [1.82, 2.24) is 9.13 Å². The lowest BCUT2D eigenvalue weighted by molar-refractivity contribution is 0.660. The van der Waals surface area contributed by atoms with Crippen molar-refractivity contribution >= 4 is 77.7 Å². The van der Waals surface area contributed by atoms with E-state index in [0.717, 1.165) is 67.7 Å². The van der Waals surface area contributed by atoms with Gasteiger partial charge in [-0.1, -0.05) is 328 Å². The fraction of sp³-hybridized carbons (Fsp3) is 0.100. The first-order valence-electron chi connectivity index (χ1n) is 43.8. The second kappa shape index (κ2) is 27.3. The summed E-state index contributed by atoms with van der Waals surface area (Å²) >= 11 is 0. The highest BCUT2D eigenvalue weighted by molar-refractivity contribution is 6.14. The Morgan fingerprint density at radius 1 is 0.177 bits per heavy atom. The highest BCUT2D eigenvalue weighted by Crippen LogP contribution is 2.59. The molecule has 4 heteroatoms. The van der Waals surface area contributed by atoms with Gasteiger partial charge in [-0.05, 0) is 261 Å². The van der Waals surface area contributed by atoms with E-state index in [9.17, 15) is 0 Å². The molecule has 2 heterocycles. The smallest absolute Gasteiger partial charge is 0.0547 e. The van der Waals surface area contributed by atoms with Crippen LogP contribution in [0.4, 0.5) is 34.1 Å². The molecule has 0 spiro atoms. The minimum Gasteiger partial charge on any atom is -0.310 e. The number of hydrogen-bond acceptors (Lipinski definition) is 2. The van der Waals surface area contributed by atoms with E-state index in [1.165, 1.54) is 166 Å². The zero-order valence-electron chi connectivity index (χ0n) is 70.9. The molecule has 4 aliphatic carbocycles. The minimum absolute atomic E-state index is 0.141. The minimum atomic E-state index is -0.280. The lowest BCUT2D eigenvalue weighted by Crippen LogP contribution is -2.15. The number of rotatable bonds is 13. The van der Waals surface area contributed by atoms with Gasteiger partial charge < -0.3 is 18.9 Å². The third-order valence-corrected chi connectivity index (χ3v) is 28.5. The number of fused-ring (bicyclic) bond motifs is 18. The summed E-state index contributed by atoms with van der Waals surface area (Å²) in [6, 6.07) is 151. The van der Waals surface area contributed by atoms with Gasteiger partial charge in [-0.25, -0.2) is 0 Å². The van der Waals surface area contributed by atoms with Gasteiger partial charge in [0.1, 0.15) is 0 Å². The molecule has 124 heavy (non-hydrogen) atoms.